The molecule has 5 aromatic rings. The Morgan fingerprint density at radius 1 is 0.625 bits per heavy atom. The lowest BCUT2D eigenvalue weighted by Gasteiger charge is -2.07. The van der Waals surface area contributed by atoms with E-state index in [0.717, 1.165) is 33.2 Å². The lowest BCUT2D eigenvalue weighted by atomic mass is 10.0. The van der Waals surface area contributed by atoms with Crippen LogP contribution in [0.25, 0.3) is 67.5 Å². The van der Waals surface area contributed by atoms with E-state index in [9.17, 15) is 13.0 Å². The van der Waals surface area contributed by atoms with Crippen molar-refractivity contribution in [3.05, 3.63) is 120 Å². The van der Waals surface area contributed by atoms with Gasteiger partial charge in [0.25, 0.3) is 10.1 Å². The van der Waals surface area contributed by atoms with Gasteiger partial charge in [0, 0.05) is 33.2 Å². The maximum Gasteiger partial charge on any atom is 0.296 e. The third-order valence-corrected chi connectivity index (χ3v) is 7.74. The number of hydrogen-bond donors (Lipinski definition) is 3. The standard InChI is InChI=1S/C32H22N4O3S/c37-40(38,39)29-19-28-30(20-7-3-1-4-8-20)26-15-13-24(34-26)17-22-11-12-23(33-22)18-25-14-16-27(35-25)31(32(29)36-28)21-9-5-2-6-10-21/h1-19,33-34H,(H,37,38,39). The van der Waals surface area contributed by atoms with Gasteiger partial charge in [0.15, 0.2) is 0 Å². The highest BCUT2D eigenvalue weighted by molar-refractivity contribution is 7.95. The second-order valence-electron chi connectivity index (χ2n) is 9.55. The minimum atomic E-state index is -4.65. The summed E-state index contributed by atoms with van der Waals surface area (Å²) in [5.41, 5.74) is 7.95. The van der Waals surface area contributed by atoms with Crippen molar-refractivity contribution in [2.45, 2.75) is 0 Å². The zero-order chi connectivity index (χ0) is 27.3. The van der Waals surface area contributed by atoms with Crippen molar-refractivity contribution < 1.29 is 13.0 Å². The van der Waals surface area contributed by atoms with Gasteiger partial charge in [-0.25, -0.2) is 9.97 Å². The molecule has 40 heavy (non-hydrogen) atoms. The number of nitrogens with zero attached hydrogens (tertiary/aromatic N) is 2. The SMILES string of the molecule is O=S(=O)(O)C1=Cc2nc1c(-c1ccccc1)c1nc(cc3ccc(cc4ccc([nH]4)c2-c2ccccc2)[nH]3)C=C1. The molecule has 0 amide bonds. The van der Waals surface area contributed by atoms with Crippen LogP contribution in [0.15, 0.2) is 97.1 Å². The average Bonchev–Trinajstić information content (AvgIpc) is 3.75. The highest BCUT2D eigenvalue weighted by atomic mass is 32.2. The molecule has 0 spiro atoms. The molecular formula is C32H22N4O3S. The molecule has 3 N–H and O–H groups in total. The van der Waals surface area contributed by atoms with Crippen molar-refractivity contribution in [1.82, 2.24) is 19.9 Å². The summed E-state index contributed by atoms with van der Waals surface area (Å²) >= 11 is 0. The van der Waals surface area contributed by atoms with Gasteiger partial charge < -0.3 is 9.97 Å². The van der Waals surface area contributed by atoms with E-state index in [1.165, 1.54) is 6.08 Å². The number of H-pyrrole nitrogens is 2. The van der Waals surface area contributed by atoms with Gasteiger partial charge in [-0.05, 0) is 65.8 Å². The molecule has 194 valence electrons. The summed E-state index contributed by atoms with van der Waals surface area (Å²) in [4.78, 5) is 16.3. The molecule has 0 radical (unpaired) electrons. The Kier molecular flexibility index (Phi) is 5.59. The first-order valence-electron chi connectivity index (χ1n) is 12.6. The van der Waals surface area contributed by atoms with Crippen LogP contribution >= 0.6 is 0 Å². The lowest BCUT2D eigenvalue weighted by molar-refractivity contribution is 0.496. The van der Waals surface area contributed by atoms with E-state index in [-0.39, 0.29) is 10.6 Å². The molecule has 2 aliphatic rings. The van der Waals surface area contributed by atoms with Crippen LogP contribution < -0.4 is 0 Å². The zero-order valence-electron chi connectivity index (χ0n) is 21.0. The van der Waals surface area contributed by atoms with Crippen molar-refractivity contribution in [2.75, 3.05) is 0 Å². The minimum absolute atomic E-state index is 0.134. The molecular weight excluding hydrogens is 520 g/mol. The van der Waals surface area contributed by atoms with Gasteiger partial charge in [-0.3, -0.25) is 4.55 Å². The number of aromatic nitrogens is 4. The molecule has 2 aromatic carbocycles. The van der Waals surface area contributed by atoms with Gasteiger partial charge in [-0.2, -0.15) is 8.42 Å². The smallest absolute Gasteiger partial charge is 0.296 e. The highest BCUT2D eigenvalue weighted by Crippen LogP contribution is 2.39. The normalized spacial score (nSPS) is 12.9. The number of fused-ring (bicyclic) bond motifs is 8. The Morgan fingerprint density at radius 2 is 1.25 bits per heavy atom. The number of rotatable bonds is 3. The minimum Gasteiger partial charge on any atom is -0.355 e. The van der Waals surface area contributed by atoms with Gasteiger partial charge in [0.2, 0.25) is 0 Å². The molecule has 0 atom stereocenters. The van der Waals surface area contributed by atoms with E-state index < -0.39 is 10.1 Å². The van der Waals surface area contributed by atoms with E-state index in [2.05, 4.69) is 9.97 Å². The van der Waals surface area contributed by atoms with Crippen molar-refractivity contribution in [2.24, 2.45) is 0 Å². The molecule has 8 heteroatoms. The van der Waals surface area contributed by atoms with Crippen LogP contribution in [0.1, 0.15) is 22.8 Å². The van der Waals surface area contributed by atoms with Crippen molar-refractivity contribution in [3.63, 3.8) is 0 Å². The first-order chi connectivity index (χ1) is 19.4. The van der Waals surface area contributed by atoms with E-state index in [1.54, 1.807) is 0 Å². The summed E-state index contributed by atoms with van der Waals surface area (Å²) in [5.74, 6) is 0. The van der Waals surface area contributed by atoms with Crippen molar-refractivity contribution >= 4 is 55.3 Å². The highest BCUT2D eigenvalue weighted by Gasteiger charge is 2.28. The summed E-state index contributed by atoms with van der Waals surface area (Å²) in [7, 11) is -4.65. The Balaban J connectivity index is 1.71. The molecule has 0 unspecified atom stereocenters. The number of hydrogen-bond acceptors (Lipinski definition) is 4. The van der Waals surface area contributed by atoms with Crippen LogP contribution in [-0.4, -0.2) is 32.9 Å². The predicted molar refractivity (Wildman–Crippen MR) is 160 cm³/mol. The summed E-state index contributed by atoms with van der Waals surface area (Å²) in [6.07, 6.45) is 5.14. The molecule has 0 saturated carbocycles. The van der Waals surface area contributed by atoms with Gasteiger partial charge >= 0.3 is 0 Å². The molecule has 7 rings (SSSR count). The van der Waals surface area contributed by atoms with Crippen LogP contribution in [0.2, 0.25) is 0 Å². The van der Waals surface area contributed by atoms with Crippen molar-refractivity contribution in [3.8, 4) is 22.3 Å². The predicted octanol–water partition coefficient (Wildman–Crippen LogP) is 7.21. The van der Waals surface area contributed by atoms with Crippen LogP contribution in [0, 0.1) is 0 Å². The molecule has 0 aliphatic carbocycles. The molecule has 5 heterocycles. The molecule has 7 nitrogen and oxygen atoms in total. The fraction of sp³-hybridized carbons (Fsp3) is 0. The molecule has 2 aliphatic heterocycles. The quantitative estimate of drug-likeness (QED) is 0.205. The third kappa shape index (κ3) is 4.35. The second kappa shape index (κ2) is 9.30. The van der Waals surface area contributed by atoms with Crippen LogP contribution in [0.5, 0.6) is 0 Å². The molecule has 8 bridgehead atoms. The summed E-state index contributed by atoms with van der Waals surface area (Å²) in [5, 5.41) is 0. The van der Waals surface area contributed by atoms with Crippen LogP contribution in [0.3, 0.4) is 0 Å². The average molecular weight is 543 g/mol. The fourth-order valence-corrected chi connectivity index (χ4v) is 5.78. The number of aromatic amines is 2. The molecule has 0 fully saturated rings. The van der Waals surface area contributed by atoms with Crippen LogP contribution in [-0.2, 0) is 10.1 Å². The number of benzene rings is 2. The Morgan fingerprint density at radius 3 is 1.95 bits per heavy atom. The maximum atomic E-state index is 12.8. The van der Waals surface area contributed by atoms with Gasteiger partial charge in [-0.15, -0.1) is 0 Å². The van der Waals surface area contributed by atoms with E-state index in [1.807, 2.05) is 109 Å². The Labute approximate surface area is 230 Å². The van der Waals surface area contributed by atoms with E-state index in [4.69, 9.17) is 9.97 Å². The van der Waals surface area contributed by atoms with Crippen LogP contribution in [0.4, 0.5) is 0 Å². The van der Waals surface area contributed by atoms with Gasteiger partial charge in [-0.1, -0.05) is 60.7 Å². The van der Waals surface area contributed by atoms with E-state index >= 15 is 0 Å². The monoisotopic (exact) mass is 542 g/mol. The largest absolute Gasteiger partial charge is 0.355 e. The first-order valence-corrected chi connectivity index (χ1v) is 14.1. The molecule has 3 aromatic heterocycles. The Bertz CT molecular complexity index is 2130. The number of nitrogens with one attached hydrogen (secondary N) is 2. The first kappa shape index (κ1) is 24.0. The zero-order valence-corrected chi connectivity index (χ0v) is 21.9. The summed E-state index contributed by atoms with van der Waals surface area (Å²) in [6, 6.07) is 30.8. The second-order valence-corrected chi connectivity index (χ2v) is 10.9. The Hall–Kier alpha value is -5.05. The van der Waals surface area contributed by atoms with Gasteiger partial charge in [0.05, 0.1) is 22.8 Å². The third-order valence-electron chi connectivity index (χ3n) is 6.87. The lowest BCUT2D eigenvalue weighted by Crippen LogP contribution is -2.02. The molecule has 0 saturated heterocycles. The summed E-state index contributed by atoms with van der Waals surface area (Å²) in [6.45, 7) is 0. The van der Waals surface area contributed by atoms with Gasteiger partial charge in [0.1, 0.15) is 4.91 Å². The van der Waals surface area contributed by atoms with E-state index in [0.29, 0.717) is 28.2 Å². The maximum absolute atomic E-state index is 12.8. The topological polar surface area (TPSA) is 112 Å². The van der Waals surface area contributed by atoms with Crippen molar-refractivity contribution in [1.29, 1.82) is 0 Å². The summed E-state index contributed by atoms with van der Waals surface area (Å²) < 4.78 is 36.0. The fourth-order valence-electron chi connectivity index (χ4n) is 5.13.